The van der Waals surface area contributed by atoms with E-state index in [2.05, 4.69) is 16.8 Å². The van der Waals surface area contributed by atoms with E-state index in [1.54, 1.807) is 6.08 Å². The Bertz CT molecular complexity index is 389. The Balaban J connectivity index is 0.00000162. The number of piperazine rings is 1. The van der Waals surface area contributed by atoms with Gasteiger partial charge in [0.25, 0.3) is 0 Å². The molecule has 6 heteroatoms. The molecule has 0 spiro atoms. The van der Waals surface area contributed by atoms with Crippen LogP contribution in [-0.4, -0.2) is 31.1 Å². The van der Waals surface area contributed by atoms with Crippen LogP contribution in [0.5, 0.6) is 0 Å². The summed E-state index contributed by atoms with van der Waals surface area (Å²) in [6.45, 7) is 7.26. The van der Waals surface area contributed by atoms with Gasteiger partial charge in [-0.15, -0.1) is 31.4 Å². The van der Waals surface area contributed by atoms with Crippen LogP contribution in [-0.2, 0) is 0 Å². The highest BCUT2D eigenvalue weighted by atomic mass is 35.5. The van der Waals surface area contributed by atoms with Crippen LogP contribution in [0.4, 0.5) is 8.78 Å². The van der Waals surface area contributed by atoms with Gasteiger partial charge in [0.2, 0.25) is 0 Å². The molecule has 0 aromatic heterocycles. The first kappa shape index (κ1) is 18.3. The molecule has 1 aromatic carbocycles. The number of halogens is 4. The third kappa shape index (κ3) is 4.73. The monoisotopic (exact) mass is 310 g/mol. The first-order valence-electron chi connectivity index (χ1n) is 5.74. The maximum atomic E-state index is 13.2. The number of hydrogen-bond donors (Lipinski definition) is 1. The van der Waals surface area contributed by atoms with Crippen LogP contribution in [0.25, 0.3) is 0 Å². The molecule has 0 radical (unpaired) electrons. The maximum absolute atomic E-state index is 13.2. The van der Waals surface area contributed by atoms with Crippen molar-refractivity contribution in [1.82, 2.24) is 10.2 Å². The normalized spacial score (nSPS) is 16.9. The van der Waals surface area contributed by atoms with Crippen molar-refractivity contribution in [1.29, 1.82) is 0 Å². The van der Waals surface area contributed by atoms with Gasteiger partial charge < -0.3 is 5.32 Å². The average Bonchev–Trinajstić information content (AvgIpc) is 2.30. The van der Waals surface area contributed by atoms with E-state index in [9.17, 15) is 8.78 Å². The molecule has 1 aliphatic rings. The summed E-state index contributed by atoms with van der Waals surface area (Å²) in [6.07, 6.45) is 1.74. The Kier molecular flexibility index (Phi) is 8.18. The molecule has 2 rings (SSSR count). The fourth-order valence-corrected chi connectivity index (χ4v) is 2.20. The summed E-state index contributed by atoms with van der Waals surface area (Å²) < 4.78 is 26.4. The van der Waals surface area contributed by atoms with Crippen molar-refractivity contribution >= 4 is 24.8 Å². The van der Waals surface area contributed by atoms with Crippen LogP contribution in [0.3, 0.4) is 0 Å². The zero-order valence-electron chi connectivity index (χ0n) is 10.4. The minimum atomic E-state index is -0.540. The molecule has 1 atom stereocenters. The summed E-state index contributed by atoms with van der Waals surface area (Å²) in [5, 5.41) is 3.24. The molecule has 0 aliphatic carbocycles. The van der Waals surface area contributed by atoms with E-state index in [-0.39, 0.29) is 30.9 Å². The Morgan fingerprint density at radius 1 is 1.11 bits per heavy atom. The number of rotatable bonds is 3. The molecule has 0 amide bonds. The van der Waals surface area contributed by atoms with E-state index in [0.717, 1.165) is 32.2 Å². The minimum absolute atomic E-state index is 0. The SMILES string of the molecule is C=C[C@@H](c1cc(F)cc(F)c1)N1CCNCC1.Cl.Cl. The van der Waals surface area contributed by atoms with Crippen LogP contribution in [0.2, 0.25) is 0 Å². The molecular weight excluding hydrogens is 293 g/mol. The highest BCUT2D eigenvalue weighted by Crippen LogP contribution is 2.23. The molecule has 2 nitrogen and oxygen atoms in total. The van der Waals surface area contributed by atoms with Gasteiger partial charge in [-0.05, 0) is 17.7 Å². The zero-order chi connectivity index (χ0) is 12.3. The molecule has 1 fully saturated rings. The maximum Gasteiger partial charge on any atom is 0.126 e. The molecule has 108 valence electrons. The molecule has 1 aliphatic heterocycles. The van der Waals surface area contributed by atoms with E-state index in [1.807, 2.05) is 0 Å². The van der Waals surface area contributed by atoms with Crippen molar-refractivity contribution in [2.24, 2.45) is 0 Å². The van der Waals surface area contributed by atoms with Crippen LogP contribution < -0.4 is 5.32 Å². The van der Waals surface area contributed by atoms with E-state index < -0.39 is 11.6 Å². The summed E-state index contributed by atoms with van der Waals surface area (Å²) in [5.74, 6) is -1.08. The lowest BCUT2D eigenvalue weighted by Crippen LogP contribution is -2.44. The third-order valence-electron chi connectivity index (χ3n) is 2.99. The molecule has 1 saturated heterocycles. The van der Waals surface area contributed by atoms with Gasteiger partial charge in [0.1, 0.15) is 11.6 Å². The number of nitrogens with zero attached hydrogens (tertiary/aromatic N) is 1. The van der Waals surface area contributed by atoms with Crippen molar-refractivity contribution in [3.8, 4) is 0 Å². The Labute approximate surface area is 124 Å². The number of nitrogens with one attached hydrogen (secondary N) is 1. The lowest BCUT2D eigenvalue weighted by molar-refractivity contribution is 0.203. The lowest BCUT2D eigenvalue weighted by atomic mass is 10.0. The topological polar surface area (TPSA) is 15.3 Å². The van der Waals surface area contributed by atoms with Crippen molar-refractivity contribution in [3.63, 3.8) is 0 Å². The highest BCUT2D eigenvalue weighted by molar-refractivity contribution is 5.85. The quantitative estimate of drug-likeness (QED) is 0.864. The Morgan fingerprint density at radius 2 is 1.63 bits per heavy atom. The molecular formula is C13H18Cl2F2N2. The molecule has 1 N–H and O–H groups in total. The predicted octanol–water partition coefficient (Wildman–Crippen LogP) is 2.94. The van der Waals surface area contributed by atoms with Gasteiger partial charge in [-0.3, -0.25) is 4.90 Å². The molecule has 1 heterocycles. The fraction of sp³-hybridized carbons (Fsp3) is 0.385. The second-order valence-corrected chi connectivity index (χ2v) is 4.17. The summed E-state index contributed by atoms with van der Waals surface area (Å²) >= 11 is 0. The van der Waals surface area contributed by atoms with E-state index in [4.69, 9.17) is 0 Å². The number of hydrogen-bond acceptors (Lipinski definition) is 2. The molecule has 0 saturated carbocycles. The second kappa shape index (κ2) is 8.48. The van der Waals surface area contributed by atoms with E-state index in [0.29, 0.717) is 5.56 Å². The largest absolute Gasteiger partial charge is 0.314 e. The zero-order valence-corrected chi connectivity index (χ0v) is 12.1. The summed E-state index contributed by atoms with van der Waals surface area (Å²) in [6, 6.07) is 3.51. The first-order chi connectivity index (χ1) is 8.20. The highest BCUT2D eigenvalue weighted by Gasteiger charge is 2.20. The fourth-order valence-electron chi connectivity index (χ4n) is 2.20. The molecule has 19 heavy (non-hydrogen) atoms. The smallest absolute Gasteiger partial charge is 0.126 e. The molecule has 1 aromatic rings. The third-order valence-corrected chi connectivity index (χ3v) is 2.99. The standard InChI is InChI=1S/C13H16F2N2.2ClH/c1-2-13(17-5-3-16-4-6-17)10-7-11(14)9-12(15)8-10;;/h2,7-9,13,16H,1,3-6H2;2*1H/t13-;;/m0../s1. The van der Waals surface area contributed by atoms with Gasteiger partial charge in [0.05, 0.1) is 6.04 Å². The van der Waals surface area contributed by atoms with Gasteiger partial charge in [-0.25, -0.2) is 8.78 Å². The Morgan fingerprint density at radius 3 is 2.11 bits per heavy atom. The summed E-state index contributed by atoms with van der Waals surface area (Å²) in [7, 11) is 0. The van der Waals surface area contributed by atoms with Gasteiger partial charge in [0.15, 0.2) is 0 Å². The molecule has 0 unspecified atom stereocenters. The predicted molar refractivity (Wildman–Crippen MR) is 78.2 cm³/mol. The Hall–Kier alpha value is -0.680. The van der Waals surface area contributed by atoms with Crippen molar-refractivity contribution in [2.45, 2.75) is 6.04 Å². The van der Waals surface area contributed by atoms with Gasteiger partial charge >= 0.3 is 0 Å². The average molecular weight is 311 g/mol. The van der Waals surface area contributed by atoms with Gasteiger partial charge in [-0.2, -0.15) is 0 Å². The first-order valence-corrected chi connectivity index (χ1v) is 5.74. The molecule has 0 bridgehead atoms. The van der Waals surface area contributed by atoms with E-state index >= 15 is 0 Å². The van der Waals surface area contributed by atoms with Crippen LogP contribution in [0, 0.1) is 11.6 Å². The van der Waals surface area contributed by atoms with Crippen molar-refractivity contribution in [3.05, 3.63) is 48.1 Å². The van der Waals surface area contributed by atoms with Crippen molar-refractivity contribution < 1.29 is 8.78 Å². The van der Waals surface area contributed by atoms with E-state index in [1.165, 1.54) is 12.1 Å². The summed E-state index contributed by atoms with van der Waals surface area (Å²) in [5.41, 5.74) is 0.624. The minimum Gasteiger partial charge on any atom is -0.314 e. The van der Waals surface area contributed by atoms with Crippen LogP contribution >= 0.6 is 24.8 Å². The second-order valence-electron chi connectivity index (χ2n) is 4.17. The summed E-state index contributed by atoms with van der Waals surface area (Å²) in [4.78, 5) is 2.16. The van der Waals surface area contributed by atoms with Crippen LogP contribution in [0.15, 0.2) is 30.9 Å². The van der Waals surface area contributed by atoms with Gasteiger partial charge in [-0.1, -0.05) is 6.08 Å². The van der Waals surface area contributed by atoms with Gasteiger partial charge in [0, 0.05) is 32.2 Å². The van der Waals surface area contributed by atoms with Crippen molar-refractivity contribution in [2.75, 3.05) is 26.2 Å². The number of benzene rings is 1. The van der Waals surface area contributed by atoms with Crippen LogP contribution in [0.1, 0.15) is 11.6 Å². The lowest BCUT2D eigenvalue weighted by Gasteiger charge is -2.33.